The fourth-order valence-corrected chi connectivity index (χ4v) is 1.28. The lowest BCUT2D eigenvalue weighted by atomic mass is 10.2. The molecular formula is C11H12N2O3. The lowest BCUT2D eigenvalue weighted by Crippen LogP contribution is -1.89. The molecule has 0 aliphatic rings. The molecule has 0 spiro atoms. The van der Waals surface area contributed by atoms with Crippen LogP contribution in [-0.4, -0.2) is 20.4 Å². The summed E-state index contributed by atoms with van der Waals surface area (Å²) in [5.41, 5.74) is 0.333. The molecule has 0 aliphatic heterocycles. The third-order valence-electron chi connectivity index (χ3n) is 2.20. The van der Waals surface area contributed by atoms with E-state index in [0.717, 1.165) is 0 Å². The first-order valence-electron chi connectivity index (χ1n) is 4.94. The zero-order valence-corrected chi connectivity index (χ0v) is 9.01. The van der Waals surface area contributed by atoms with Crippen LogP contribution in [-0.2, 0) is 0 Å². The van der Waals surface area contributed by atoms with E-state index in [0.29, 0.717) is 11.4 Å². The Morgan fingerprint density at radius 1 is 1.25 bits per heavy atom. The van der Waals surface area contributed by atoms with Crippen LogP contribution in [0.2, 0.25) is 0 Å². The van der Waals surface area contributed by atoms with Gasteiger partial charge in [-0.2, -0.15) is 4.98 Å². The van der Waals surface area contributed by atoms with Crippen molar-refractivity contribution in [3.05, 3.63) is 24.0 Å². The summed E-state index contributed by atoms with van der Waals surface area (Å²) in [6, 6.07) is 4.59. The Labute approximate surface area is 92.4 Å². The van der Waals surface area contributed by atoms with E-state index in [1.54, 1.807) is 12.1 Å². The molecule has 0 saturated heterocycles. The maximum atomic E-state index is 9.62. The van der Waals surface area contributed by atoms with Crippen molar-refractivity contribution in [3.8, 4) is 23.0 Å². The highest BCUT2D eigenvalue weighted by molar-refractivity contribution is 5.66. The summed E-state index contributed by atoms with van der Waals surface area (Å²) in [6.45, 7) is 3.88. The van der Waals surface area contributed by atoms with Crippen LogP contribution in [0, 0.1) is 0 Å². The Morgan fingerprint density at radius 3 is 2.62 bits per heavy atom. The Bertz CT molecular complexity index is 506. The van der Waals surface area contributed by atoms with Crippen molar-refractivity contribution in [1.82, 2.24) is 10.1 Å². The highest BCUT2D eigenvalue weighted by Crippen LogP contribution is 2.35. The Kier molecular flexibility index (Phi) is 2.52. The molecule has 0 atom stereocenters. The molecule has 0 unspecified atom stereocenters. The predicted molar refractivity (Wildman–Crippen MR) is 57.2 cm³/mol. The van der Waals surface area contributed by atoms with Crippen LogP contribution < -0.4 is 0 Å². The van der Waals surface area contributed by atoms with Crippen molar-refractivity contribution in [2.75, 3.05) is 0 Å². The first-order chi connectivity index (χ1) is 7.59. The predicted octanol–water partition coefficient (Wildman–Crippen LogP) is 2.27. The fourth-order valence-electron chi connectivity index (χ4n) is 1.28. The Hall–Kier alpha value is -2.04. The van der Waals surface area contributed by atoms with Crippen LogP contribution in [0.1, 0.15) is 25.6 Å². The number of benzene rings is 1. The number of nitrogens with zero attached hydrogens (tertiary/aromatic N) is 2. The molecule has 0 bridgehead atoms. The number of aromatic nitrogens is 2. The van der Waals surface area contributed by atoms with Crippen LogP contribution >= 0.6 is 0 Å². The summed E-state index contributed by atoms with van der Waals surface area (Å²) in [5.74, 6) is 0.468. The number of para-hydroxylation sites is 1. The van der Waals surface area contributed by atoms with Gasteiger partial charge >= 0.3 is 0 Å². The second-order valence-corrected chi connectivity index (χ2v) is 3.79. The topological polar surface area (TPSA) is 79.4 Å². The van der Waals surface area contributed by atoms with Crippen molar-refractivity contribution in [1.29, 1.82) is 0 Å². The minimum atomic E-state index is -0.249. The van der Waals surface area contributed by atoms with Crippen LogP contribution in [0.25, 0.3) is 11.5 Å². The maximum Gasteiger partial charge on any atom is 0.261 e. The van der Waals surface area contributed by atoms with Crippen molar-refractivity contribution >= 4 is 0 Å². The minimum Gasteiger partial charge on any atom is -0.504 e. The van der Waals surface area contributed by atoms with E-state index in [9.17, 15) is 10.2 Å². The average molecular weight is 220 g/mol. The molecule has 1 aromatic heterocycles. The third kappa shape index (κ3) is 1.71. The zero-order valence-electron chi connectivity index (χ0n) is 9.01. The van der Waals surface area contributed by atoms with Crippen LogP contribution in [0.5, 0.6) is 11.5 Å². The van der Waals surface area contributed by atoms with Gasteiger partial charge < -0.3 is 14.7 Å². The molecule has 1 aromatic carbocycles. The van der Waals surface area contributed by atoms with Crippen LogP contribution in [0.3, 0.4) is 0 Å². The summed E-state index contributed by atoms with van der Waals surface area (Å²) < 4.78 is 5.02. The van der Waals surface area contributed by atoms with Crippen molar-refractivity contribution in [2.45, 2.75) is 19.8 Å². The monoisotopic (exact) mass is 220 g/mol. The van der Waals surface area contributed by atoms with Gasteiger partial charge in [-0.3, -0.25) is 0 Å². The second kappa shape index (κ2) is 3.84. The van der Waals surface area contributed by atoms with Gasteiger partial charge in [0.2, 0.25) is 0 Å². The number of phenols is 2. The molecule has 1 heterocycles. The first-order valence-corrected chi connectivity index (χ1v) is 4.94. The Balaban J connectivity index is 2.47. The van der Waals surface area contributed by atoms with E-state index in [1.807, 2.05) is 13.8 Å². The minimum absolute atomic E-state index is 0.150. The molecular weight excluding hydrogens is 208 g/mol. The van der Waals surface area contributed by atoms with Gasteiger partial charge in [0, 0.05) is 5.92 Å². The molecule has 5 nitrogen and oxygen atoms in total. The highest BCUT2D eigenvalue weighted by Gasteiger charge is 2.16. The quantitative estimate of drug-likeness (QED) is 0.759. The van der Waals surface area contributed by atoms with Gasteiger partial charge in [0.15, 0.2) is 17.3 Å². The van der Waals surface area contributed by atoms with Gasteiger partial charge in [-0.1, -0.05) is 25.1 Å². The molecule has 0 saturated carbocycles. The van der Waals surface area contributed by atoms with Gasteiger partial charge in [0.25, 0.3) is 5.89 Å². The molecule has 84 valence electrons. The molecule has 16 heavy (non-hydrogen) atoms. The van der Waals surface area contributed by atoms with Gasteiger partial charge in [-0.05, 0) is 12.1 Å². The first kappa shape index (κ1) is 10.5. The van der Waals surface area contributed by atoms with Gasteiger partial charge in [0.05, 0.1) is 5.56 Å². The molecule has 0 amide bonds. The van der Waals surface area contributed by atoms with Crippen LogP contribution in [0.4, 0.5) is 0 Å². The second-order valence-electron chi connectivity index (χ2n) is 3.79. The molecule has 0 fully saturated rings. The van der Waals surface area contributed by atoms with E-state index in [4.69, 9.17) is 4.52 Å². The van der Waals surface area contributed by atoms with E-state index < -0.39 is 0 Å². The zero-order chi connectivity index (χ0) is 11.7. The highest BCUT2D eigenvalue weighted by atomic mass is 16.5. The van der Waals surface area contributed by atoms with Crippen molar-refractivity contribution in [2.24, 2.45) is 0 Å². The van der Waals surface area contributed by atoms with E-state index in [2.05, 4.69) is 10.1 Å². The number of hydrogen-bond acceptors (Lipinski definition) is 5. The van der Waals surface area contributed by atoms with Gasteiger partial charge in [-0.25, -0.2) is 0 Å². The summed E-state index contributed by atoms with van der Waals surface area (Å²) in [7, 11) is 0. The maximum absolute atomic E-state index is 9.62. The molecule has 2 N–H and O–H groups in total. The number of hydrogen-bond donors (Lipinski definition) is 2. The summed E-state index contributed by atoms with van der Waals surface area (Å²) in [4.78, 5) is 4.13. The van der Waals surface area contributed by atoms with Gasteiger partial charge in [0.1, 0.15) is 0 Å². The lowest BCUT2D eigenvalue weighted by Gasteiger charge is -2.00. The average Bonchev–Trinajstić information content (AvgIpc) is 2.71. The smallest absolute Gasteiger partial charge is 0.261 e. The normalized spacial score (nSPS) is 10.9. The summed E-state index contributed by atoms with van der Waals surface area (Å²) in [6.07, 6.45) is 0. The standard InChI is InChI=1S/C11H12N2O3/c1-6(2)10-12-11(16-13-10)7-4-3-5-8(14)9(7)15/h3-6,14-15H,1-2H3. The number of phenolic OH excluding ortho intramolecular Hbond substituents is 2. The lowest BCUT2D eigenvalue weighted by molar-refractivity contribution is 0.395. The van der Waals surface area contributed by atoms with Gasteiger partial charge in [-0.15, -0.1) is 0 Å². The van der Waals surface area contributed by atoms with Crippen LogP contribution in [0.15, 0.2) is 22.7 Å². The summed E-state index contributed by atoms with van der Waals surface area (Å²) >= 11 is 0. The molecule has 5 heteroatoms. The van der Waals surface area contributed by atoms with E-state index >= 15 is 0 Å². The SMILES string of the molecule is CC(C)c1noc(-c2cccc(O)c2O)n1. The van der Waals surface area contributed by atoms with E-state index in [-0.39, 0.29) is 23.3 Å². The van der Waals surface area contributed by atoms with Crippen molar-refractivity contribution in [3.63, 3.8) is 0 Å². The molecule has 2 aromatic rings. The van der Waals surface area contributed by atoms with E-state index in [1.165, 1.54) is 6.07 Å². The Morgan fingerprint density at radius 2 is 2.00 bits per heavy atom. The van der Waals surface area contributed by atoms with Crippen molar-refractivity contribution < 1.29 is 14.7 Å². The largest absolute Gasteiger partial charge is 0.504 e. The number of rotatable bonds is 2. The molecule has 0 radical (unpaired) electrons. The summed E-state index contributed by atoms with van der Waals surface area (Å²) in [5, 5.41) is 22.7. The number of aromatic hydroxyl groups is 2. The molecule has 2 rings (SSSR count). The third-order valence-corrected chi connectivity index (χ3v) is 2.20. The fraction of sp³-hybridized carbons (Fsp3) is 0.273. The molecule has 0 aliphatic carbocycles.